The number of ether oxygens (including phenoxy) is 1. The Balaban J connectivity index is 2.09. The fraction of sp³-hybridized carbons (Fsp3) is 0.727. The Morgan fingerprint density at radius 2 is 2.60 bits per heavy atom. The number of nitrogens with zero attached hydrogens (tertiary/aromatic N) is 2. The third-order valence-electron chi connectivity index (χ3n) is 3.02. The van der Waals surface area contributed by atoms with Crippen LogP contribution in [-0.2, 0) is 11.3 Å². The van der Waals surface area contributed by atoms with Gasteiger partial charge in [-0.3, -0.25) is 0 Å². The first kappa shape index (κ1) is 10.6. The molecule has 0 aromatic carbocycles. The minimum atomic E-state index is 0.0709. The van der Waals surface area contributed by atoms with E-state index in [1.165, 1.54) is 0 Å². The van der Waals surface area contributed by atoms with Gasteiger partial charge in [0.25, 0.3) is 0 Å². The van der Waals surface area contributed by atoms with Crippen LogP contribution in [0.2, 0.25) is 0 Å². The van der Waals surface area contributed by atoms with E-state index in [-0.39, 0.29) is 6.04 Å². The van der Waals surface area contributed by atoms with Gasteiger partial charge in [-0.1, -0.05) is 6.92 Å². The number of hydrogen-bond acceptors (Lipinski definition) is 3. The zero-order valence-electron chi connectivity index (χ0n) is 9.22. The van der Waals surface area contributed by atoms with Crippen molar-refractivity contribution in [3.63, 3.8) is 0 Å². The lowest BCUT2D eigenvalue weighted by atomic mass is 9.97. The Morgan fingerprint density at radius 1 is 1.73 bits per heavy atom. The third kappa shape index (κ3) is 2.21. The lowest BCUT2D eigenvalue weighted by Gasteiger charge is -2.19. The average Bonchev–Trinajstić information content (AvgIpc) is 2.87. The van der Waals surface area contributed by atoms with E-state index >= 15 is 0 Å². The second kappa shape index (κ2) is 4.77. The molecular formula is C11H19N3O. The summed E-state index contributed by atoms with van der Waals surface area (Å²) in [4.78, 5) is 4.18. The van der Waals surface area contributed by atoms with Gasteiger partial charge in [0.1, 0.15) is 0 Å². The highest BCUT2D eigenvalue weighted by Crippen LogP contribution is 2.26. The Labute approximate surface area is 90.4 Å². The van der Waals surface area contributed by atoms with Crippen molar-refractivity contribution in [3.05, 3.63) is 18.2 Å². The molecule has 84 valence electrons. The van der Waals surface area contributed by atoms with Crippen LogP contribution in [0.3, 0.4) is 0 Å². The van der Waals surface area contributed by atoms with Crippen LogP contribution >= 0.6 is 0 Å². The molecule has 1 fully saturated rings. The predicted molar refractivity (Wildman–Crippen MR) is 58.4 cm³/mol. The second-order valence-electron chi connectivity index (χ2n) is 4.16. The molecule has 1 aromatic rings. The molecule has 0 aliphatic carbocycles. The number of rotatable bonds is 4. The van der Waals surface area contributed by atoms with Crippen LogP contribution in [0.4, 0.5) is 0 Å². The first-order valence-corrected chi connectivity index (χ1v) is 5.66. The van der Waals surface area contributed by atoms with E-state index in [2.05, 4.69) is 16.5 Å². The standard InChI is InChI=1S/C11H19N3O/c1-2-4-14-8-13-6-10(14)11(12)9-3-5-15-7-9/h6,8-9,11H,2-5,7,12H2,1H3. The largest absolute Gasteiger partial charge is 0.381 e. The summed E-state index contributed by atoms with van der Waals surface area (Å²) in [6.45, 7) is 4.79. The summed E-state index contributed by atoms with van der Waals surface area (Å²) in [7, 11) is 0. The van der Waals surface area contributed by atoms with Crippen LogP contribution in [0.15, 0.2) is 12.5 Å². The van der Waals surface area contributed by atoms with Crippen LogP contribution in [0, 0.1) is 5.92 Å². The minimum Gasteiger partial charge on any atom is -0.381 e. The predicted octanol–water partition coefficient (Wildman–Crippen LogP) is 1.33. The molecule has 0 spiro atoms. The molecule has 2 atom stereocenters. The van der Waals surface area contributed by atoms with Crippen LogP contribution in [0.5, 0.6) is 0 Å². The van der Waals surface area contributed by atoms with Crippen molar-refractivity contribution in [2.45, 2.75) is 32.4 Å². The topological polar surface area (TPSA) is 53.1 Å². The Bertz CT molecular complexity index is 305. The maximum absolute atomic E-state index is 6.23. The van der Waals surface area contributed by atoms with Gasteiger partial charge < -0.3 is 15.0 Å². The first-order valence-electron chi connectivity index (χ1n) is 5.66. The van der Waals surface area contributed by atoms with Gasteiger partial charge in [0, 0.05) is 25.3 Å². The number of nitrogens with two attached hydrogens (primary N) is 1. The molecule has 2 unspecified atom stereocenters. The molecule has 1 aromatic heterocycles. The van der Waals surface area contributed by atoms with Gasteiger partial charge in [0.05, 0.1) is 24.7 Å². The number of imidazole rings is 1. The van der Waals surface area contributed by atoms with E-state index in [1.807, 2.05) is 12.5 Å². The van der Waals surface area contributed by atoms with E-state index in [4.69, 9.17) is 10.5 Å². The van der Waals surface area contributed by atoms with Crippen molar-refractivity contribution >= 4 is 0 Å². The molecule has 0 amide bonds. The second-order valence-corrected chi connectivity index (χ2v) is 4.16. The van der Waals surface area contributed by atoms with E-state index in [0.29, 0.717) is 5.92 Å². The average molecular weight is 209 g/mol. The highest BCUT2D eigenvalue weighted by molar-refractivity contribution is 5.06. The molecule has 2 N–H and O–H groups in total. The molecule has 0 radical (unpaired) electrons. The first-order chi connectivity index (χ1) is 7.33. The number of aryl methyl sites for hydroxylation is 1. The SMILES string of the molecule is CCCn1cncc1C(N)C1CCOC1. The molecule has 1 aliphatic rings. The van der Waals surface area contributed by atoms with Crippen LogP contribution in [0.1, 0.15) is 31.5 Å². The monoisotopic (exact) mass is 209 g/mol. The van der Waals surface area contributed by atoms with Gasteiger partial charge in [-0.25, -0.2) is 4.98 Å². The number of hydrogen-bond donors (Lipinski definition) is 1. The summed E-state index contributed by atoms with van der Waals surface area (Å²) in [5, 5.41) is 0. The van der Waals surface area contributed by atoms with Crippen LogP contribution < -0.4 is 5.73 Å². The smallest absolute Gasteiger partial charge is 0.0948 e. The maximum atomic E-state index is 6.23. The molecule has 2 rings (SSSR count). The van der Waals surface area contributed by atoms with Crippen molar-refractivity contribution in [3.8, 4) is 0 Å². The Hall–Kier alpha value is -0.870. The van der Waals surface area contributed by atoms with Gasteiger partial charge in [-0.05, 0) is 12.8 Å². The maximum Gasteiger partial charge on any atom is 0.0948 e. The molecule has 15 heavy (non-hydrogen) atoms. The van der Waals surface area contributed by atoms with E-state index < -0.39 is 0 Å². The van der Waals surface area contributed by atoms with Gasteiger partial charge >= 0.3 is 0 Å². The normalized spacial score (nSPS) is 23.2. The molecule has 1 saturated heterocycles. The zero-order valence-corrected chi connectivity index (χ0v) is 9.22. The molecule has 4 heteroatoms. The van der Waals surface area contributed by atoms with Crippen molar-refractivity contribution in [1.29, 1.82) is 0 Å². The highest BCUT2D eigenvalue weighted by Gasteiger charge is 2.25. The lowest BCUT2D eigenvalue weighted by Crippen LogP contribution is -2.24. The van der Waals surface area contributed by atoms with Crippen LogP contribution in [-0.4, -0.2) is 22.8 Å². The summed E-state index contributed by atoms with van der Waals surface area (Å²) in [6.07, 6.45) is 5.93. The fourth-order valence-corrected chi connectivity index (χ4v) is 2.11. The molecule has 4 nitrogen and oxygen atoms in total. The minimum absolute atomic E-state index is 0.0709. The van der Waals surface area contributed by atoms with Crippen molar-refractivity contribution < 1.29 is 4.74 Å². The van der Waals surface area contributed by atoms with E-state index in [1.54, 1.807) is 0 Å². The van der Waals surface area contributed by atoms with Gasteiger partial charge in [-0.2, -0.15) is 0 Å². The Kier molecular flexibility index (Phi) is 3.38. The molecular weight excluding hydrogens is 190 g/mol. The van der Waals surface area contributed by atoms with E-state index in [0.717, 1.165) is 38.3 Å². The Morgan fingerprint density at radius 3 is 3.27 bits per heavy atom. The van der Waals surface area contributed by atoms with Crippen LogP contribution in [0.25, 0.3) is 0 Å². The van der Waals surface area contributed by atoms with E-state index in [9.17, 15) is 0 Å². The molecule has 0 bridgehead atoms. The summed E-state index contributed by atoms with van der Waals surface area (Å²) < 4.78 is 7.52. The van der Waals surface area contributed by atoms with Crippen molar-refractivity contribution in [2.24, 2.45) is 11.7 Å². The van der Waals surface area contributed by atoms with Crippen molar-refractivity contribution in [1.82, 2.24) is 9.55 Å². The molecule has 0 saturated carbocycles. The van der Waals surface area contributed by atoms with Gasteiger partial charge in [0.2, 0.25) is 0 Å². The highest BCUT2D eigenvalue weighted by atomic mass is 16.5. The van der Waals surface area contributed by atoms with Gasteiger partial charge in [0.15, 0.2) is 0 Å². The molecule has 1 aliphatic heterocycles. The summed E-state index contributed by atoms with van der Waals surface area (Å²) in [5.41, 5.74) is 7.38. The lowest BCUT2D eigenvalue weighted by molar-refractivity contribution is 0.180. The fourth-order valence-electron chi connectivity index (χ4n) is 2.11. The summed E-state index contributed by atoms with van der Waals surface area (Å²) >= 11 is 0. The van der Waals surface area contributed by atoms with Crippen molar-refractivity contribution in [2.75, 3.05) is 13.2 Å². The summed E-state index contributed by atoms with van der Waals surface area (Å²) in [5.74, 6) is 0.456. The molecule has 2 heterocycles. The number of aromatic nitrogens is 2. The quantitative estimate of drug-likeness (QED) is 0.814. The van der Waals surface area contributed by atoms with Gasteiger partial charge in [-0.15, -0.1) is 0 Å². The summed E-state index contributed by atoms with van der Waals surface area (Å²) in [6, 6.07) is 0.0709. The zero-order chi connectivity index (χ0) is 10.7. The third-order valence-corrected chi connectivity index (χ3v) is 3.02.